The molecule has 140 valence electrons. The van der Waals surface area contributed by atoms with Gasteiger partial charge >= 0.3 is 0 Å². The molecule has 1 atom stereocenters. The molecule has 0 aliphatic carbocycles. The Labute approximate surface area is 158 Å². The lowest BCUT2D eigenvalue weighted by atomic mass is 10.1. The largest absolute Gasteiger partial charge is 0.495 e. The van der Waals surface area contributed by atoms with Crippen LogP contribution in [-0.2, 0) is 14.8 Å². The summed E-state index contributed by atoms with van der Waals surface area (Å²) in [5, 5.41) is 2.91. The zero-order valence-corrected chi connectivity index (χ0v) is 16.5. The first-order valence-electron chi connectivity index (χ1n) is 7.88. The molecule has 2 rings (SSSR count). The van der Waals surface area contributed by atoms with Crippen molar-refractivity contribution in [2.24, 2.45) is 0 Å². The van der Waals surface area contributed by atoms with E-state index in [1.165, 1.54) is 32.2 Å². The van der Waals surface area contributed by atoms with E-state index in [1.54, 1.807) is 6.07 Å². The summed E-state index contributed by atoms with van der Waals surface area (Å²) >= 11 is 5.98. The zero-order chi connectivity index (χ0) is 19.5. The van der Waals surface area contributed by atoms with Crippen LogP contribution in [0.25, 0.3) is 0 Å². The van der Waals surface area contributed by atoms with Crippen LogP contribution in [0.5, 0.6) is 5.75 Å². The van der Waals surface area contributed by atoms with Gasteiger partial charge < -0.3 is 10.1 Å². The smallest absolute Gasteiger partial charge is 0.242 e. The maximum atomic E-state index is 12.5. The minimum absolute atomic E-state index is 0.0466. The number of aryl methyl sites for hydroxylation is 1. The van der Waals surface area contributed by atoms with Crippen LogP contribution in [0.2, 0.25) is 5.02 Å². The molecule has 1 amide bonds. The number of hydrogen-bond donors (Lipinski definition) is 2. The van der Waals surface area contributed by atoms with Gasteiger partial charge in [-0.2, -0.15) is 4.72 Å². The number of ether oxygens (including phenoxy) is 1. The number of rotatable bonds is 6. The fraction of sp³-hybridized carbons (Fsp3) is 0.278. The van der Waals surface area contributed by atoms with Gasteiger partial charge in [-0.05, 0) is 56.2 Å². The average molecular weight is 397 g/mol. The van der Waals surface area contributed by atoms with Crippen LogP contribution in [-0.4, -0.2) is 27.5 Å². The molecule has 0 fully saturated rings. The van der Waals surface area contributed by atoms with E-state index < -0.39 is 22.0 Å². The van der Waals surface area contributed by atoms with Gasteiger partial charge in [0.25, 0.3) is 0 Å². The van der Waals surface area contributed by atoms with E-state index >= 15 is 0 Å². The summed E-state index contributed by atoms with van der Waals surface area (Å²) in [5.41, 5.74) is 2.61. The standard InChI is InChI=1S/C18H21ClN2O4S/c1-11-6-5-7-16(12(11)2)20-18(22)13(3)21-26(23,24)14-8-9-17(25-4)15(19)10-14/h5-10,13,21H,1-4H3,(H,20,22)/t13-/m0/s1. The van der Waals surface area contributed by atoms with Crippen LogP contribution < -0.4 is 14.8 Å². The summed E-state index contributed by atoms with van der Waals surface area (Å²) in [6.45, 7) is 5.30. The molecule has 2 N–H and O–H groups in total. The first-order valence-corrected chi connectivity index (χ1v) is 9.74. The monoisotopic (exact) mass is 396 g/mol. The van der Waals surface area contributed by atoms with Crippen molar-refractivity contribution in [3.8, 4) is 5.75 Å². The Hall–Kier alpha value is -2.09. The number of carbonyl (C=O) groups is 1. The van der Waals surface area contributed by atoms with E-state index in [4.69, 9.17) is 16.3 Å². The number of sulfonamides is 1. The van der Waals surface area contributed by atoms with Crippen LogP contribution in [0.4, 0.5) is 5.69 Å². The summed E-state index contributed by atoms with van der Waals surface area (Å²) in [6.07, 6.45) is 0. The van der Waals surface area contributed by atoms with E-state index in [2.05, 4.69) is 10.0 Å². The minimum Gasteiger partial charge on any atom is -0.495 e. The lowest BCUT2D eigenvalue weighted by Gasteiger charge is -2.16. The van der Waals surface area contributed by atoms with Crippen LogP contribution in [0.3, 0.4) is 0 Å². The molecule has 0 radical (unpaired) electrons. The number of amides is 1. The molecule has 0 spiro atoms. The first-order chi connectivity index (χ1) is 12.2. The van der Waals surface area contributed by atoms with Crippen molar-refractivity contribution in [3.05, 3.63) is 52.5 Å². The van der Waals surface area contributed by atoms with Gasteiger partial charge in [-0.3, -0.25) is 4.79 Å². The predicted molar refractivity (Wildman–Crippen MR) is 102 cm³/mol. The Morgan fingerprint density at radius 2 is 1.88 bits per heavy atom. The van der Waals surface area contributed by atoms with Gasteiger partial charge in [0.15, 0.2) is 0 Å². The fourth-order valence-electron chi connectivity index (χ4n) is 2.30. The molecule has 2 aromatic carbocycles. The average Bonchev–Trinajstić information content (AvgIpc) is 2.58. The van der Waals surface area contributed by atoms with E-state index in [9.17, 15) is 13.2 Å². The Balaban J connectivity index is 2.14. The Bertz CT molecular complexity index is 929. The molecule has 8 heteroatoms. The Kier molecular flexibility index (Phi) is 6.28. The van der Waals surface area contributed by atoms with Crippen molar-refractivity contribution in [1.29, 1.82) is 0 Å². The second-order valence-corrected chi connectivity index (χ2v) is 8.00. The number of methoxy groups -OCH3 is 1. The molecule has 0 aliphatic heterocycles. The highest BCUT2D eigenvalue weighted by atomic mass is 35.5. The van der Waals surface area contributed by atoms with Crippen LogP contribution in [0.1, 0.15) is 18.1 Å². The SMILES string of the molecule is COc1ccc(S(=O)(=O)N[C@@H](C)C(=O)Nc2cccc(C)c2C)cc1Cl. The van der Waals surface area contributed by atoms with Gasteiger partial charge in [-0.25, -0.2) is 8.42 Å². The van der Waals surface area contributed by atoms with E-state index in [-0.39, 0.29) is 9.92 Å². The molecular formula is C18H21ClN2O4S. The Morgan fingerprint density at radius 3 is 2.50 bits per heavy atom. The van der Waals surface area contributed by atoms with Gasteiger partial charge in [0.1, 0.15) is 5.75 Å². The summed E-state index contributed by atoms with van der Waals surface area (Å²) < 4.78 is 32.3. The van der Waals surface area contributed by atoms with Crippen molar-refractivity contribution in [2.75, 3.05) is 12.4 Å². The molecule has 2 aromatic rings. The normalized spacial score (nSPS) is 12.5. The highest BCUT2D eigenvalue weighted by Crippen LogP contribution is 2.27. The third-order valence-corrected chi connectivity index (χ3v) is 5.86. The number of nitrogens with one attached hydrogen (secondary N) is 2. The molecule has 6 nitrogen and oxygen atoms in total. The maximum Gasteiger partial charge on any atom is 0.242 e. The number of halogens is 1. The Morgan fingerprint density at radius 1 is 1.19 bits per heavy atom. The van der Waals surface area contributed by atoms with Gasteiger partial charge in [-0.15, -0.1) is 0 Å². The second kappa shape index (κ2) is 8.07. The number of anilines is 1. The summed E-state index contributed by atoms with van der Waals surface area (Å²) in [7, 11) is -2.48. The second-order valence-electron chi connectivity index (χ2n) is 5.88. The highest BCUT2D eigenvalue weighted by Gasteiger charge is 2.23. The highest BCUT2D eigenvalue weighted by molar-refractivity contribution is 7.89. The topological polar surface area (TPSA) is 84.5 Å². The third-order valence-electron chi connectivity index (χ3n) is 4.02. The van der Waals surface area contributed by atoms with Crippen molar-refractivity contribution < 1.29 is 17.9 Å². The minimum atomic E-state index is -3.91. The molecule has 0 bridgehead atoms. The van der Waals surface area contributed by atoms with Gasteiger partial charge in [0, 0.05) is 5.69 Å². The molecule has 0 unspecified atom stereocenters. The van der Waals surface area contributed by atoms with Gasteiger partial charge in [0.05, 0.1) is 23.1 Å². The molecule has 0 saturated heterocycles. The van der Waals surface area contributed by atoms with Crippen LogP contribution in [0.15, 0.2) is 41.3 Å². The molecule has 0 aliphatic rings. The lowest BCUT2D eigenvalue weighted by molar-refractivity contribution is -0.117. The van der Waals surface area contributed by atoms with Gasteiger partial charge in [-0.1, -0.05) is 23.7 Å². The number of carbonyl (C=O) groups excluding carboxylic acids is 1. The van der Waals surface area contributed by atoms with E-state index in [1.807, 2.05) is 26.0 Å². The summed E-state index contributed by atoms with van der Waals surface area (Å²) in [5.74, 6) is -0.0896. The zero-order valence-electron chi connectivity index (χ0n) is 15.0. The van der Waals surface area contributed by atoms with Crippen molar-refractivity contribution >= 4 is 33.2 Å². The summed E-state index contributed by atoms with van der Waals surface area (Å²) in [4.78, 5) is 12.3. The third kappa shape index (κ3) is 4.55. The quantitative estimate of drug-likeness (QED) is 0.784. The van der Waals surface area contributed by atoms with E-state index in [0.717, 1.165) is 11.1 Å². The van der Waals surface area contributed by atoms with Crippen molar-refractivity contribution in [1.82, 2.24) is 4.72 Å². The lowest BCUT2D eigenvalue weighted by Crippen LogP contribution is -2.41. The fourth-order valence-corrected chi connectivity index (χ4v) is 3.85. The van der Waals surface area contributed by atoms with Crippen molar-refractivity contribution in [2.45, 2.75) is 31.7 Å². The molecule has 0 saturated carbocycles. The molecule has 0 heterocycles. The number of benzene rings is 2. The first kappa shape index (κ1) is 20.2. The maximum absolute atomic E-state index is 12.5. The molecule has 0 aromatic heterocycles. The van der Waals surface area contributed by atoms with Crippen LogP contribution in [0, 0.1) is 13.8 Å². The summed E-state index contributed by atoms with van der Waals surface area (Å²) in [6, 6.07) is 8.65. The van der Waals surface area contributed by atoms with E-state index in [0.29, 0.717) is 11.4 Å². The van der Waals surface area contributed by atoms with Crippen molar-refractivity contribution in [3.63, 3.8) is 0 Å². The number of hydrogen-bond acceptors (Lipinski definition) is 4. The molecule has 26 heavy (non-hydrogen) atoms. The van der Waals surface area contributed by atoms with Gasteiger partial charge in [0.2, 0.25) is 15.9 Å². The van der Waals surface area contributed by atoms with Crippen LogP contribution >= 0.6 is 11.6 Å². The predicted octanol–water partition coefficient (Wildman–Crippen LogP) is 3.27. The molecular weight excluding hydrogens is 376 g/mol.